The average Bonchev–Trinajstić information content (AvgIpc) is 2.62. The van der Waals surface area contributed by atoms with E-state index in [1.165, 1.54) is 11.1 Å². The summed E-state index contributed by atoms with van der Waals surface area (Å²) in [6.07, 6.45) is 4.07. The van der Waals surface area contributed by atoms with E-state index < -0.39 is 0 Å². The third-order valence-electron chi connectivity index (χ3n) is 4.65. The summed E-state index contributed by atoms with van der Waals surface area (Å²) in [6, 6.07) is 16.6. The van der Waals surface area contributed by atoms with Crippen LogP contribution < -0.4 is 0 Å². The molecule has 1 aliphatic heterocycles. The van der Waals surface area contributed by atoms with E-state index >= 15 is 0 Å². The molecule has 0 unspecified atom stereocenters. The van der Waals surface area contributed by atoms with Crippen LogP contribution in [0.2, 0.25) is 0 Å². The van der Waals surface area contributed by atoms with Crippen molar-refractivity contribution in [1.82, 2.24) is 4.90 Å². The molecule has 128 valence electrons. The van der Waals surface area contributed by atoms with E-state index in [9.17, 15) is 4.79 Å². The summed E-state index contributed by atoms with van der Waals surface area (Å²) >= 11 is 0. The van der Waals surface area contributed by atoms with Gasteiger partial charge in [-0.2, -0.15) is 0 Å². The molecule has 2 aromatic rings. The van der Waals surface area contributed by atoms with E-state index in [1.807, 2.05) is 12.2 Å². The first-order valence-electron chi connectivity index (χ1n) is 8.86. The van der Waals surface area contributed by atoms with E-state index in [1.54, 1.807) is 0 Å². The highest BCUT2D eigenvalue weighted by Gasteiger charge is 2.25. The van der Waals surface area contributed by atoms with Crippen LogP contribution in [0.15, 0.2) is 59.7 Å². The van der Waals surface area contributed by atoms with Crippen molar-refractivity contribution in [3.05, 3.63) is 81.9 Å². The Morgan fingerprint density at radius 3 is 1.56 bits per heavy atom. The smallest absolute Gasteiger partial charge is 0.187 e. The molecule has 25 heavy (non-hydrogen) atoms. The van der Waals surface area contributed by atoms with E-state index in [2.05, 4.69) is 74.2 Å². The molecule has 0 spiro atoms. The normalized spacial score (nSPS) is 18.9. The Bertz CT molecular complexity index is 743. The molecule has 1 saturated heterocycles. The van der Waals surface area contributed by atoms with E-state index in [-0.39, 0.29) is 5.78 Å². The quantitative estimate of drug-likeness (QED) is 0.762. The lowest BCUT2D eigenvalue weighted by Crippen LogP contribution is -2.37. The van der Waals surface area contributed by atoms with Crippen LogP contribution >= 0.6 is 0 Å². The predicted molar refractivity (Wildman–Crippen MR) is 105 cm³/mol. The Kier molecular flexibility index (Phi) is 5.30. The molecule has 0 atom stereocenters. The van der Waals surface area contributed by atoms with E-state index in [0.717, 1.165) is 28.8 Å². The Morgan fingerprint density at radius 2 is 1.20 bits per heavy atom. The number of hydrogen-bond donors (Lipinski definition) is 0. The van der Waals surface area contributed by atoms with Crippen molar-refractivity contribution >= 4 is 17.9 Å². The minimum Gasteiger partial charge on any atom is -0.295 e. The van der Waals surface area contributed by atoms with Gasteiger partial charge in [0.2, 0.25) is 0 Å². The summed E-state index contributed by atoms with van der Waals surface area (Å²) in [5, 5.41) is 0. The zero-order chi connectivity index (χ0) is 17.8. The summed E-state index contributed by atoms with van der Waals surface area (Å²) in [5.74, 6) is 0.172. The number of benzene rings is 2. The fourth-order valence-corrected chi connectivity index (χ4v) is 3.06. The average molecular weight is 331 g/mol. The SMILES string of the molecule is CCN1C/C(=C/c2ccc(C)cc2)C(=O)/C(=C/c2ccc(C)cc2)C1. The molecule has 0 aliphatic carbocycles. The molecular formula is C23H25NO. The first-order valence-corrected chi connectivity index (χ1v) is 8.86. The summed E-state index contributed by atoms with van der Waals surface area (Å²) in [7, 11) is 0. The number of nitrogens with zero attached hydrogens (tertiary/aromatic N) is 1. The summed E-state index contributed by atoms with van der Waals surface area (Å²) in [4.78, 5) is 15.3. The highest BCUT2D eigenvalue weighted by Crippen LogP contribution is 2.22. The van der Waals surface area contributed by atoms with Gasteiger partial charge in [-0.3, -0.25) is 9.69 Å². The molecule has 0 radical (unpaired) electrons. The second-order valence-electron chi connectivity index (χ2n) is 6.79. The molecule has 2 heteroatoms. The number of rotatable bonds is 3. The van der Waals surface area contributed by atoms with Crippen molar-refractivity contribution in [1.29, 1.82) is 0 Å². The Labute approximate surface area is 150 Å². The van der Waals surface area contributed by atoms with Gasteiger partial charge in [0.05, 0.1) is 0 Å². The number of carbonyl (C=O) groups is 1. The lowest BCUT2D eigenvalue weighted by atomic mass is 9.94. The van der Waals surface area contributed by atoms with E-state index in [4.69, 9.17) is 0 Å². The minimum atomic E-state index is 0.172. The molecular weight excluding hydrogens is 306 g/mol. The Balaban J connectivity index is 1.93. The van der Waals surface area contributed by atoms with Crippen LogP contribution in [0, 0.1) is 13.8 Å². The van der Waals surface area contributed by atoms with Gasteiger partial charge in [0.25, 0.3) is 0 Å². The first kappa shape index (κ1) is 17.4. The van der Waals surface area contributed by atoms with Gasteiger partial charge in [0, 0.05) is 24.2 Å². The van der Waals surface area contributed by atoms with Crippen LogP contribution in [0.1, 0.15) is 29.2 Å². The second-order valence-corrected chi connectivity index (χ2v) is 6.79. The van der Waals surface area contributed by atoms with Crippen molar-refractivity contribution in [3.8, 4) is 0 Å². The lowest BCUT2D eigenvalue weighted by molar-refractivity contribution is -0.113. The topological polar surface area (TPSA) is 20.3 Å². The van der Waals surface area contributed by atoms with Crippen molar-refractivity contribution < 1.29 is 4.79 Å². The van der Waals surface area contributed by atoms with Crippen LogP contribution in [0.4, 0.5) is 0 Å². The summed E-state index contributed by atoms with van der Waals surface area (Å²) in [6.45, 7) is 8.66. The van der Waals surface area contributed by atoms with Gasteiger partial charge in [-0.05, 0) is 43.7 Å². The molecule has 2 nitrogen and oxygen atoms in total. The van der Waals surface area contributed by atoms with Crippen molar-refractivity contribution in [2.24, 2.45) is 0 Å². The molecule has 2 aromatic carbocycles. The largest absolute Gasteiger partial charge is 0.295 e. The number of Topliss-reactive ketones (excluding diaryl/α,β-unsaturated/α-hetero) is 1. The van der Waals surface area contributed by atoms with Crippen molar-refractivity contribution in [2.75, 3.05) is 19.6 Å². The number of aryl methyl sites for hydroxylation is 2. The molecule has 3 rings (SSSR count). The van der Waals surface area contributed by atoms with Gasteiger partial charge in [-0.15, -0.1) is 0 Å². The number of carbonyl (C=O) groups excluding carboxylic acids is 1. The minimum absolute atomic E-state index is 0.172. The number of likely N-dealkylation sites (tertiary alicyclic amines) is 1. The zero-order valence-electron chi connectivity index (χ0n) is 15.3. The molecule has 0 N–H and O–H groups in total. The number of likely N-dealkylation sites (N-methyl/N-ethyl adjacent to an activating group) is 1. The molecule has 1 fully saturated rings. The number of piperidine rings is 1. The van der Waals surface area contributed by atoms with Crippen LogP contribution in [0.3, 0.4) is 0 Å². The van der Waals surface area contributed by atoms with Crippen LogP contribution in [0.5, 0.6) is 0 Å². The van der Waals surface area contributed by atoms with Crippen LogP contribution in [0.25, 0.3) is 12.2 Å². The molecule has 1 aliphatic rings. The number of hydrogen-bond acceptors (Lipinski definition) is 2. The van der Waals surface area contributed by atoms with Gasteiger partial charge in [0.1, 0.15) is 0 Å². The van der Waals surface area contributed by atoms with Crippen molar-refractivity contribution in [2.45, 2.75) is 20.8 Å². The zero-order valence-corrected chi connectivity index (χ0v) is 15.3. The third kappa shape index (κ3) is 4.34. The molecule has 0 bridgehead atoms. The highest BCUT2D eigenvalue weighted by molar-refractivity contribution is 6.14. The van der Waals surface area contributed by atoms with Gasteiger partial charge in [-0.1, -0.05) is 66.6 Å². The Morgan fingerprint density at radius 1 is 0.800 bits per heavy atom. The second kappa shape index (κ2) is 7.62. The van der Waals surface area contributed by atoms with Crippen LogP contribution in [-0.2, 0) is 4.79 Å². The summed E-state index contributed by atoms with van der Waals surface area (Å²) < 4.78 is 0. The maximum absolute atomic E-state index is 13.0. The standard InChI is InChI=1S/C23H25NO/c1-4-24-15-21(13-19-9-5-17(2)6-10-19)23(25)22(16-24)14-20-11-7-18(3)8-12-20/h5-14H,4,15-16H2,1-3H3/b21-13-,22-14+. The maximum Gasteiger partial charge on any atom is 0.187 e. The molecule has 0 saturated carbocycles. The molecule has 0 amide bonds. The molecule has 1 heterocycles. The van der Waals surface area contributed by atoms with Gasteiger partial charge in [-0.25, -0.2) is 0 Å². The van der Waals surface area contributed by atoms with Crippen LogP contribution in [-0.4, -0.2) is 30.3 Å². The maximum atomic E-state index is 13.0. The fraction of sp³-hybridized carbons (Fsp3) is 0.261. The lowest BCUT2D eigenvalue weighted by Gasteiger charge is -2.28. The monoisotopic (exact) mass is 331 g/mol. The summed E-state index contributed by atoms with van der Waals surface area (Å²) in [5.41, 5.74) is 6.37. The van der Waals surface area contributed by atoms with E-state index in [0.29, 0.717) is 13.1 Å². The Hall–Kier alpha value is -2.45. The number of ketones is 1. The van der Waals surface area contributed by atoms with Crippen molar-refractivity contribution in [3.63, 3.8) is 0 Å². The third-order valence-corrected chi connectivity index (χ3v) is 4.65. The molecule has 0 aromatic heterocycles. The van der Waals surface area contributed by atoms with Gasteiger partial charge < -0.3 is 0 Å². The highest BCUT2D eigenvalue weighted by atomic mass is 16.1. The fourth-order valence-electron chi connectivity index (χ4n) is 3.06. The first-order chi connectivity index (χ1) is 12.0. The predicted octanol–water partition coefficient (Wildman–Crippen LogP) is 4.68. The van der Waals surface area contributed by atoms with Gasteiger partial charge in [0.15, 0.2) is 5.78 Å². The van der Waals surface area contributed by atoms with Gasteiger partial charge >= 0.3 is 0 Å².